The van der Waals surface area contributed by atoms with Crippen molar-refractivity contribution in [2.75, 3.05) is 13.2 Å². The highest BCUT2D eigenvalue weighted by Crippen LogP contribution is 2.33. The Labute approximate surface area is 85.7 Å². The van der Waals surface area contributed by atoms with Crippen LogP contribution in [0.2, 0.25) is 0 Å². The molecule has 3 nitrogen and oxygen atoms in total. The minimum atomic E-state index is -0.157. The number of rotatable bonds is 4. The van der Waals surface area contributed by atoms with Crippen molar-refractivity contribution in [1.82, 2.24) is 4.90 Å². The van der Waals surface area contributed by atoms with Crippen LogP contribution in [0.15, 0.2) is 0 Å². The summed E-state index contributed by atoms with van der Waals surface area (Å²) in [4.78, 5) is 2.34. The van der Waals surface area contributed by atoms with E-state index in [4.69, 9.17) is 5.11 Å². The minimum Gasteiger partial charge on any atom is -0.395 e. The number of aliphatic hydroxyl groups is 2. The predicted octanol–water partition coefficient (Wildman–Crippen LogP) is 0.747. The number of nitrogens with zero attached hydrogens (tertiary/aromatic N) is 1. The third kappa shape index (κ3) is 2.27. The van der Waals surface area contributed by atoms with Crippen LogP contribution >= 0.6 is 0 Å². The van der Waals surface area contributed by atoms with Crippen molar-refractivity contribution in [3.8, 4) is 0 Å². The van der Waals surface area contributed by atoms with Crippen molar-refractivity contribution in [2.45, 2.75) is 56.7 Å². The van der Waals surface area contributed by atoms with E-state index < -0.39 is 0 Å². The molecule has 0 aromatic heterocycles. The minimum absolute atomic E-state index is 0.157. The second-order valence-electron chi connectivity index (χ2n) is 4.61. The summed E-state index contributed by atoms with van der Waals surface area (Å²) >= 11 is 0. The predicted molar refractivity (Wildman–Crippen MR) is 55.1 cm³/mol. The molecule has 2 aliphatic carbocycles. The van der Waals surface area contributed by atoms with Crippen molar-refractivity contribution in [1.29, 1.82) is 0 Å². The quantitative estimate of drug-likeness (QED) is 0.702. The molecule has 82 valence electrons. The molecule has 2 fully saturated rings. The smallest absolute Gasteiger partial charge is 0.0695 e. The van der Waals surface area contributed by atoms with Crippen molar-refractivity contribution < 1.29 is 10.2 Å². The number of hydrogen-bond donors (Lipinski definition) is 2. The Balaban J connectivity index is 1.93. The van der Waals surface area contributed by atoms with E-state index in [1.807, 2.05) is 0 Å². The maximum atomic E-state index is 9.92. The largest absolute Gasteiger partial charge is 0.395 e. The summed E-state index contributed by atoms with van der Waals surface area (Å²) in [5, 5.41) is 18.9. The van der Waals surface area contributed by atoms with Crippen LogP contribution in [0.1, 0.15) is 38.5 Å². The van der Waals surface area contributed by atoms with Gasteiger partial charge in [-0.05, 0) is 25.7 Å². The fraction of sp³-hybridized carbons (Fsp3) is 1.00. The molecule has 2 aliphatic rings. The van der Waals surface area contributed by atoms with E-state index >= 15 is 0 Å². The Morgan fingerprint density at radius 3 is 2.36 bits per heavy atom. The molecule has 14 heavy (non-hydrogen) atoms. The molecule has 2 atom stereocenters. The summed E-state index contributed by atoms with van der Waals surface area (Å²) in [7, 11) is 0. The summed E-state index contributed by atoms with van der Waals surface area (Å²) in [6.07, 6.45) is 6.80. The van der Waals surface area contributed by atoms with Gasteiger partial charge in [-0.3, -0.25) is 4.90 Å². The zero-order chi connectivity index (χ0) is 9.97. The lowest BCUT2D eigenvalue weighted by molar-refractivity contribution is 0.00840. The summed E-state index contributed by atoms with van der Waals surface area (Å²) in [6, 6.07) is 0.975. The Bertz CT molecular complexity index is 180. The van der Waals surface area contributed by atoms with Crippen molar-refractivity contribution >= 4 is 0 Å². The number of aliphatic hydroxyl groups excluding tert-OH is 2. The second kappa shape index (κ2) is 4.60. The van der Waals surface area contributed by atoms with E-state index in [0.29, 0.717) is 12.1 Å². The summed E-state index contributed by atoms with van der Waals surface area (Å²) in [6.45, 7) is 0.964. The van der Waals surface area contributed by atoms with Crippen molar-refractivity contribution in [3.05, 3.63) is 0 Å². The molecule has 3 heteroatoms. The Morgan fingerprint density at radius 2 is 1.79 bits per heavy atom. The van der Waals surface area contributed by atoms with Crippen LogP contribution in [0.3, 0.4) is 0 Å². The van der Waals surface area contributed by atoms with Crippen LogP contribution in [0.5, 0.6) is 0 Å². The van der Waals surface area contributed by atoms with Gasteiger partial charge in [-0.15, -0.1) is 0 Å². The molecule has 0 saturated heterocycles. The molecule has 0 aliphatic heterocycles. The van der Waals surface area contributed by atoms with E-state index in [2.05, 4.69) is 4.90 Å². The third-order valence-corrected chi connectivity index (χ3v) is 3.49. The van der Waals surface area contributed by atoms with Crippen LogP contribution in [-0.2, 0) is 0 Å². The molecule has 0 aromatic rings. The van der Waals surface area contributed by atoms with Gasteiger partial charge < -0.3 is 10.2 Å². The normalized spacial score (nSPS) is 33.6. The first-order chi connectivity index (χ1) is 6.83. The van der Waals surface area contributed by atoms with Gasteiger partial charge in [0, 0.05) is 18.6 Å². The van der Waals surface area contributed by atoms with Crippen LogP contribution < -0.4 is 0 Å². The lowest BCUT2D eigenvalue weighted by atomic mass is 9.91. The average Bonchev–Trinajstić information content (AvgIpc) is 2.99. The first kappa shape index (κ1) is 10.4. The summed E-state index contributed by atoms with van der Waals surface area (Å²) in [5.41, 5.74) is 0. The zero-order valence-electron chi connectivity index (χ0n) is 8.73. The molecule has 0 spiro atoms. The molecule has 0 bridgehead atoms. The van der Waals surface area contributed by atoms with Crippen molar-refractivity contribution in [2.24, 2.45) is 0 Å². The fourth-order valence-electron chi connectivity index (χ4n) is 2.62. The number of hydrogen-bond acceptors (Lipinski definition) is 3. The van der Waals surface area contributed by atoms with Crippen LogP contribution in [0.4, 0.5) is 0 Å². The molecule has 2 saturated carbocycles. The molecule has 2 rings (SSSR count). The average molecular weight is 199 g/mol. The van der Waals surface area contributed by atoms with Crippen LogP contribution in [0, 0.1) is 0 Å². The Kier molecular flexibility index (Phi) is 3.42. The van der Waals surface area contributed by atoms with Gasteiger partial charge in [0.05, 0.1) is 12.7 Å². The second-order valence-corrected chi connectivity index (χ2v) is 4.61. The van der Waals surface area contributed by atoms with E-state index in [1.165, 1.54) is 19.3 Å². The zero-order valence-corrected chi connectivity index (χ0v) is 8.73. The topological polar surface area (TPSA) is 43.7 Å². The first-order valence-corrected chi connectivity index (χ1v) is 5.87. The van der Waals surface area contributed by atoms with Gasteiger partial charge in [-0.2, -0.15) is 0 Å². The molecule has 0 radical (unpaired) electrons. The first-order valence-electron chi connectivity index (χ1n) is 5.87. The highest BCUT2D eigenvalue weighted by atomic mass is 16.3. The molecule has 2 unspecified atom stereocenters. The van der Waals surface area contributed by atoms with Gasteiger partial charge in [-0.25, -0.2) is 0 Å². The highest BCUT2D eigenvalue weighted by Gasteiger charge is 2.37. The Morgan fingerprint density at radius 1 is 1.07 bits per heavy atom. The van der Waals surface area contributed by atoms with Gasteiger partial charge in [-0.1, -0.05) is 12.8 Å². The molecule has 2 N–H and O–H groups in total. The van der Waals surface area contributed by atoms with E-state index in [9.17, 15) is 5.11 Å². The lowest BCUT2D eigenvalue weighted by Crippen LogP contribution is -2.47. The Hall–Kier alpha value is -0.120. The van der Waals surface area contributed by atoms with Gasteiger partial charge in [0.2, 0.25) is 0 Å². The lowest BCUT2D eigenvalue weighted by Gasteiger charge is -2.37. The van der Waals surface area contributed by atoms with Gasteiger partial charge >= 0.3 is 0 Å². The monoisotopic (exact) mass is 199 g/mol. The molecular formula is C11H21NO2. The van der Waals surface area contributed by atoms with Crippen LogP contribution in [0.25, 0.3) is 0 Å². The van der Waals surface area contributed by atoms with Gasteiger partial charge in [0.15, 0.2) is 0 Å². The fourth-order valence-corrected chi connectivity index (χ4v) is 2.62. The molecule has 0 amide bonds. The van der Waals surface area contributed by atoms with Gasteiger partial charge in [0.1, 0.15) is 0 Å². The summed E-state index contributed by atoms with van der Waals surface area (Å²) in [5.74, 6) is 0. The summed E-state index contributed by atoms with van der Waals surface area (Å²) < 4.78 is 0. The molecule has 0 aromatic carbocycles. The molecular weight excluding hydrogens is 178 g/mol. The maximum Gasteiger partial charge on any atom is 0.0695 e. The van der Waals surface area contributed by atoms with Crippen LogP contribution in [-0.4, -0.2) is 46.5 Å². The van der Waals surface area contributed by atoms with E-state index in [-0.39, 0.29) is 12.7 Å². The van der Waals surface area contributed by atoms with E-state index in [1.54, 1.807) is 0 Å². The van der Waals surface area contributed by atoms with E-state index in [0.717, 1.165) is 25.8 Å². The van der Waals surface area contributed by atoms with Crippen molar-refractivity contribution in [3.63, 3.8) is 0 Å². The third-order valence-electron chi connectivity index (χ3n) is 3.49. The van der Waals surface area contributed by atoms with Gasteiger partial charge in [0.25, 0.3) is 0 Å². The maximum absolute atomic E-state index is 9.92. The standard InChI is InChI=1S/C11H21NO2/c13-8-7-12(9-5-6-9)10-3-1-2-4-11(10)14/h9-11,13-14H,1-8H2. The molecule has 0 heterocycles. The SMILES string of the molecule is OCCN(C1CC1)C1CCCCC1O. The highest BCUT2D eigenvalue weighted by molar-refractivity contribution is 4.92.